The summed E-state index contributed by atoms with van der Waals surface area (Å²) in [6.07, 6.45) is 1.64. The van der Waals surface area contributed by atoms with Crippen molar-refractivity contribution in [1.29, 1.82) is 0 Å². The maximum absolute atomic E-state index is 11.9. The van der Waals surface area contributed by atoms with Crippen LogP contribution in [-0.2, 0) is 24.1 Å². The zero-order valence-electron chi connectivity index (χ0n) is 11.3. The second-order valence-electron chi connectivity index (χ2n) is 5.55. The largest absolute Gasteiger partial charge is 0.352 e. The van der Waals surface area contributed by atoms with E-state index >= 15 is 0 Å². The van der Waals surface area contributed by atoms with Crippen molar-refractivity contribution in [2.75, 3.05) is 18.9 Å². The third-order valence-electron chi connectivity index (χ3n) is 3.44. The Morgan fingerprint density at radius 1 is 1.37 bits per heavy atom. The van der Waals surface area contributed by atoms with Crippen molar-refractivity contribution in [2.24, 2.45) is 0 Å². The molecule has 0 aromatic carbocycles. The molecule has 0 aromatic rings. The molecule has 2 rings (SSSR count). The van der Waals surface area contributed by atoms with Crippen molar-refractivity contribution >= 4 is 15.7 Å². The Morgan fingerprint density at radius 3 is 2.68 bits per heavy atom. The predicted molar refractivity (Wildman–Crippen MR) is 69.3 cm³/mol. The van der Waals surface area contributed by atoms with Crippen LogP contribution in [0.3, 0.4) is 0 Å². The molecule has 0 radical (unpaired) electrons. The monoisotopic (exact) mass is 291 g/mol. The maximum Gasteiger partial charge on any atom is 0.238 e. The summed E-state index contributed by atoms with van der Waals surface area (Å²) in [5, 5.41) is 1.77. The highest BCUT2D eigenvalue weighted by atomic mass is 32.2. The van der Waals surface area contributed by atoms with Gasteiger partial charge in [-0.1, -0.05) is 6.42 Å². The van der Waals surface area contributed by atoms with Gasteiger partial charge >= 0.3 is 0 Å². The molecule has 19 heavy (non-hydrogen) atoms. The van der Waals surface area contributed by atoms with Gasteiger partial charge in [-0.05, 0) is 26.7 Å². The van der Waals surface area contributed by atoms with Crippen molar-refractivity contribution in [3.05, 3.63) is 0 Å². The van der Waals surface area contributed by atoms with Gasteiger partial charge in [0, 0.05) is 6.54 Å². The molecule has 0 spiro atoms. The number of carbonyl (C=O) groups is 1. The molecule has 0 bridgehead atoms. The number of hydrogen-bond acceptors (Lipinski definition) is 5. The summed E-state index contributed by atoms with van der Waals surface area (Å²) in [6.45, 7) is 4.31. The second-order valence-corrected chi connectivity index (χ2v) is 7.85. The summed E-state index contributed by atoms with van der Waals surface area (Å²) >= 11 is 0. The van der Waals surface area contributed by atoms with Gasteiger partial charge in [-0.3, -0.25) is 4.79 Å². The van der Waals surface area contributed by atoms with Crippen molar-refractivity contribution in [2.45, 2.75) is 50.3 Å². The molecular formula is C12H21NO5S. The first kappa shape index (κ1) is 14.7. The number of rotatable bonds is 3. The summed E-state index contributed by atoms with van der Waals surface area (Å²) in [5.41, 5.74) is 0. The average Bonchev–Trinajstić information content (AvgIpc) is 2.65. The van der Waals surface area contributed by atoms with E-state index < -0.39 is 26.8 Å². The molecule has 2 heterocycles. The van der Waals surface area contributed by atoms with Gasteiger partial charge in [0.15, 0.2) is 15.6 Å². The van der Waals surface area contributed by atoms with Crippen molar-refractivity contribution in [3.63, 3.8) is 0 Å². The maximum atomic E-state index is 11.9. The van der Waals surface area contributed by atoms with E-state index in [0.717, 1.165) is 6.42 Å². The molecule has 2 aliphatic heterocycles. The molecule has 1 amide bonds. The number of nitrogens with one attached hydrogen (secondary N) is 1. The highest BCUT2D eigenvalue weighted by Gasteiger charge is 2.36. The van der Waals surface area contributed by atoms with Gasteiger partial charge in [-0.15, -0.1) is 0 Å². The molecule has 2 unspecified atom stereocenters. The highest BCUT2D eigenvalue weighted by Crippen LogP contribution is 2.22. The number of sulfone groups is 1. The van der Waals surface area contributed by atoms with Gasteiger partial charge < -0.3 is 14.8 Å². The lowest BCUT2D eigenvalue weighted by molar-refractivity contribution is -0.139. The molecule has 6 nitrogen and oxygen atoms in total. The quantitative estimate of drug-likeness (QED) is 0.804. The Bertz CT molecular complexity index is 445. The minimum Gasteiger partial charge on any atom is -0.352 e. The van der Waals surface area contributed by atoms with E-state index in [2.05, 4.69) is 5.32 Å². The van der Waals surface area contributed by atoms with E-state index in [0.29, 0.717) is 19.4 Å². The fourth-order valence-corrected chi connectivity index (χ4v) is 4.27. The summed E-state index contributed by atoms with van der Waals surface area (Å²) in [5.74, 6) is -0.930. The number of ether oxygens (including phenoxy) is 2. The van der Waals surface area contributed by atoms with Crippen molar-refractivity contribution in [1.82, 2.24) is 5.32 Å². The van der Waals surface area contributed by atoms with Gasteiger partial charge in [-0.25, -0.2) is 8.42 Å². The minimum absolute atomic E-state index is 0.112. The van der Waals surface area contributed by atoms with Crippen LogP contribution in [0.5, 0.6) is 0 Å². The molecule has 2 atom stereocenters. The van der Waals surface area contributed by atoms with Crippen LogP contribution in [0.25, 0.3) is 0 Å². The zero-order valence-corrected chi connectivity index (χ0v) is 12.2. The normalized spacial score (nSPS) is 32.9. The van der Waals surface area contributed by atoms with Crippen LogP contribution < -0.4 is 5.32 Å². The van der Waals surface area contributed by atoms with E-state index in [1.165, 1.54) is 0 Å². The van der Waals surface area contributed by atoms with Crippen molar-refractivity contribution in [3.8, 4) is 0 Å². The Hall–Kier alpha value is -0.660. The van der Waals surface area contributed by atoms with Gasteiger partial charge in [0.2, 0.25) is 5.91 Å². The molecule has 0 aliphatic carbocycles. The molecule has 2 fully saturated rings. The first-order chi connectivity index (χ1) is 8.80. The number of hydrogen-bond donors (Lipinski definition) is 1. The molecule has 1 N–H and O–H groups in total. The summed E-state index contributed by atoms with van der Waals surface area (Å²) in [7, 11) is -3.28. The predicted octanol–water partition coefficient (Wildman–Crippen LogP) is 0.221. The molecule has 2 aliphatic rings. The third-order valence-corrected chi connectivity index (χ3v) is 5.62. The molecule has 0 aromatic heterocycles. The average molecular weight is 291 g/mol. The first-order valence-electron chi connectivity index (χ1n) is 6.61. The fraction of sp³-hybridized carbons (Fsp3) is 0.917. The van der Waals surface area contributed by atoms with Crippen LogP contribution >= 0.6 is 0 Å². The second kappa shape index (κ2) is 5.38. The Morgan fingerprint density at radius 2 is 2.11 bits per heavy atom. The van der Waals surface area contributed by atoms with Crippen molar-refractivity contribution < 1.29 is 22.7 Å². The molecule has 7 heteroatoms. The van der Waals surface area contributed by atoms with Crippen LogP contribution in [0, 0.1) is 0 Å². The summed E-state index contributed by atoms with van der Waals surface area (Å²) < 4.78 is 34.5. The van der Waals surface area contributed by atoms with Crippen LogP contribution in [0.2, 0.25) is 0 Å². The molecular weight excluding hydrogens is 270 g/mol. The first-order valence-corrected chi connectivity index (χ1v) is 8.33. The lowest BCUT2D eigenvalue weighted by Gasteiger charge is -2.22. The standard InChI is InChI=1S/C12H21NO5S/c1-12(2)17-8-9(18-12)7-13-11(14)10-5-3-4-6-19(10,15)16/h9-10H,3-8H2,1-2H3,(H,13,14). The number of amides is 1. The third kappa shape index (κ3) is 3.67. The molecule has 2 saturated heterocycles. The SMILES string of the molecule is CC1(C)OCC(CNC(=O)C2CCCCS2(=O)=O)O1. The van der Waals surface area contributed by atoms with Crippen LogP contribution in [0.15, 0.2) is 0 Å². The van der Waals surface area contributed by atoms with E-state index in [9.17, 15) is 13.2 Å². The van der Waals surface area contributed by atoms with E-state index in [-0.39, 0.29) is 18.4 Å². The molecule has 110 valence electrons. The molecule has 0 saturated carbocycles. The Kier molecular flexibility index (Phi) is 4.17. The summed E-state index contributed by atoms with van der Waals surface area (Å²) in [6, 6.07) is 0. The minimum atomic E-state index is -3.28. The topological polar surface area (TPSA) is 81.7 Å². The number of carbonyl (C=O) groups excluding carboxylic acids is 1. The Labute approximate surface area is 113 Å². The zero-order chi connectivity index (χ0) is 14.1. The van der Waals surface area contributed by atoms with Crippen LogP contribution in [0.4, 0.5) is 0 Å². The highest BCUT2D eigenvalue weighted by molar-refractivity contribution is 7.92. The van der Waals surface area contributed by atoms with Crippen LogP contribution in [0.1, 0.15) is 33.1 Å². The lowest BCUT2D eigenvalue weighted by atomic mass is 10.2. The Balaban J connectivity index is 1.85. The fourth-order valence-electron chi connectivity index (χ4n) is 2.44. The van der Waals surface area contributed by atoms with Gasteiger partial charge in [-0.2, -0.15) is 0 Å². The van der Waals surface area contributed by atoms with Gasteiger partial charge in [0.05, 0.1) is 12.4 Å². The van der Waals surface area contributed by atoms with E-state index in [1.54, 1.807) is 13.8 Å². The lowest BCUT2D eigenvalue weighted by Crippen LogP contribution is -2.45. The van der Waals surface area contributed by atoms with E-state index in [4.69, 9.17) is 9.47 Å². The van der Waals surface area contributed by atoms with Gasteiger partial charge in [0.1, 0.15) is 11.4 Å². The summed E-state index contributed by atoms with van der Waals surface area (Å²) in [4.78, 5) is 11.9. The van der Waals surface area contributed by atoms with E-state index in [1.807, 2.05) is 0 Å². The smallest absolute Gasteiger partial charge is 0.238 e. The van der Waals surface area contributed by atoms with Crippen LogP contribution in [-0.4, -0.2) is 50.4 Å². The van der Waals surface area contributed by atoms with Gasteiger partial charge in [0.25, 0.3) is 0 Å².